The Hall–Kier alpha value is -1.20. The molecule has 0 aliphatic carbocycles. The quantitative estimate of drug-likeness (QED) is 0.879. The Bertz CT molecular complexity index is 372. The van der Waals surface area contributed by atoms with Gasteiger partial charge in [0.2, 0.25) is 5.95 Å². The van der Waals surface area contributed by atoms with E-state index in [-0.39, 0.29) is 0 Å². The molecule has 0 amide bonds. The largest absolute Gasteiger partial charge is 0.381 e. The molecule has 1 N–H and O–H groups in total. The fourth-order valence-corrected chi connectivity index (χ4v) is 2.82. The summed E-state index contributed by atoms with van der Waals surface area (Å²) in [5.74, 6) is 1.58. The van der Waals surface area contributed by atoms with Gasteiger partial charge < -0.3 is 15.0 Å². The van der Waals surface area contributed by atoms with Crippen molar-refractivity contribution < 1.29 is 4.74 Å². The molecule has 1 aromatic rings. The Labute approximate surface area is 114 Å². The average Bonchev–Trinajstić information content (AvgIpc) is 3.00. The first kappa shape index (κ1) is 12.8. The van der Waals surface area contributed by atoms with E-state index in [1.807, 2.05) is 18.5 Å². The fraction of sp³-hybridized carbons (Fsp3) is 0.714. The molecular formula is C14H22N4O. The maximum atomic E-state index is 5.41. The van der Waals surface area contributed by atoms with E-state index in [1.54, 1.807) is 0 Å². The molecule has 104 valence electrons. The molecule has 0 radical (unpaired) electrons. The van der Waals surface area contributed by atoms with Crippen LogP contribution >= 0.6 is 0 Å². The van der Waals surface area contributed by atoms with Crippen LogP contribution in [0.4, 0.5) is 5.95 Å². The molecule has 0 saturated carbocycles. The lowest BCUT2D eigenvalue weighted by Gasteiger charge is -2.32. The van der Waals surface area contributed by atoms with E-state index >= 15 is 0 Å². The maximum absolute atomic E-state index is 5.41. The number of nitrogens with zero attached hydrogens (tertiary/aromatic N) is 3. The molecule has 0 aromatic carbocycles. The minimum Gasteiger partial charge on any atom is -0.381 e. The van der Waals surface area contributed by atoms with E-state index in [9.17, 15) is 0 Å². The summed E-state index contributed by atoms with van der Waals surface area (Å²) in [7, 11) is 0. The highest BCUT2D eigenvalue weighted by molar-refractivity contribution is 5.29. The van der Waals surface area contributed by atoms with Crippen LogP contribution in [0.1, 0.15) is 19.3 Å². The number of anilines is 1. The average molecular weight is 262 g/mol. The second-order valence-electron chi connectivity index (χ2n) is 5.45. The van der Waals surface area contributed by atoms with Gasteiger partial charge in [-0.05, 0) is 31.2 Å². The smallest absolute Gasteiger partial charge is 0.225 e. The zero-order valence-electron chi connectivity index (χ0n) is 11.3. The fourth-order valence-electron chi connectivity index (χ4n) is 2.82. The van der Waals surface area contributed by atoms with Crippen molar-refractivity contribution in [2.24, 2.45) is 5.92 Å². The third kappa shape index (κ3) is 3.42. The minimum absolute atomic E-state index is 0.639. The van der Waals surface area contributed by atoms with Crippen LogP contribution in [0.3, 0.4) is 0 Å². The highest BCUT2D eigenvalue weighted by atomic mass is 16.5. The van der Waals surface area contributed by atoms with Gasteiger partial charge in [-0.3, -0.25) is 0 Å². The van der Waals surface area contributed by atoms with Crippen LogP contribution in [0.15, 0.2) is 18.5 Å². The van der Waals surface area contributed by atoms with Gasteiger partial charge >= 0.3 is 0 Å². The molecule has 2 saturated heterocycles. The first-order valence-corrected chi connectivity index (χ1v) is 7.25. The van der Waals surface area contributed by atoms with Crippen molar-refractivity contribution in [1.29, 1.82) is 0 Å². The molecule has 19 heavy (non-hydrogen) atoms. The van der Waals surface area contributed by atoms with E-state index in [0.29, 0.717) is 6.04 Å². The molecule has 1 atom stereocenters. The number of ether oxygens (including phenoxy) is 1. The first-order chi connectivity index (χ1) is 9.42. The van der Waals surface area contributed by atoms with Crippen molar-refractivity contribution in [3.63, 3.8) is 0 Å². The van der Waals surface area contributed by atoms with Crippen LogP contribution in [0.25, 0.3) is 0 Å². The minimum atomic E-state index is 0.639. The summed E-state index contributed by atoms with van der Waals surface area (Å²) in [6.45, 7) is 5.07. The Morgan fingerprint density at radius 2 is 2.00 bits per heavy atom. The maximum Gasteiger partial charge on any atom is 0.225 e. The number of nitrogens with one attached hydrogen (secondary N) is 1. The molecule has 5 heteroatoms. The summed E-state index contributed by atoms with van der Waals surface area (Å²) in [5.41, 5.74) is 0. The standard InChI is InChI=1S/C14H22N4O/c1-5-15-14(16-6-1)18-7-2-13(3-8-18)17-10-12-4-9-19-11-12/h1,5-6,12-13,17H,2-4,7-11H2. The van der Waals surface area contributed by atoms with Crippen LogP contribution in [0.5, 0.6) is 0 Å². The Balaban J connectivity index is 1.42. The number of hydrogen-bond acceptors (Lipinski definition) is 5. The Kier molecular flexibility index (Phi) is 4.25. The lowest BCUT2D eigenvalue weighted by Crippen LogP contribution is -2.44. The molecule has 3 rings (SSSR count). The Morgan fingerprint density at radius 3 is 2.68 bits per heavy atom. The molecule has 5 nitrogen and oxygen atoms in total. The predicted molar refractivity (Wildman–Crippen MR) is 74.2 cm³/mol. The molecule has 1 unspecified atom stereocenters. The van der Waals surface area contributed by atoms with E-state index < -0.39 is 0 Å². The van der Waals surface area contributed by atoms with Crippen LogP contribution in [-0.4, -0.2) is 48.9 Å². The van der Waals surface area contributed by atoms with Gasteiger partial charge in [-0.2, -0.15) is 0 Å². The molecule has 3 heterocycles. The second kappa shape index (κ2) is 6.30. The van der Waals surface area contributed by atoms with Crippen LogP contribution in [0, 0.1) is 5.92 Å². The number of aromatic nitrogens is 2. The molecule has 2 fully saturated rings. The number of rotatable bonds is 4. The second-order valence-corrected chi connectivity index (χ2v) is 5.45. The van der Waals surface area contributed by atoms with Crippen LogP contribution in [0.2, 0.25) is 0 Å². The summed E-state index contributed by atoms with van der Waals surface area (Å²) in [5, 5.41) is 3.69. The summed E-state index contributed by atoms with van der Waals surface area (Å²) in [4.78, 5) is 10.9. The first-order valence-electron chi connectivity index (χ1n) is 7.25. The van der Waals surface area contributed by atoms with Crippen molar-refractivity contribution in [1.82, 2.24) is 15.3 Å². The lowest BCUT2D eigenvalue weighted by molar-refractivity contribution is 0.184. The van der Waals surface area contributed by atoms with Crippen molar-refractivity contribution in [2.45, 2.75) is 25.3 Å². The molecule has 0 spiro atoms. The zero-order valence-corrected chi connectivity index (χ0v) is 11.3. The van der Waals surface area contributed by atoms with Crippen LogP contribution in [-0.2, 0) is 4.74 Å². The molecule has 2 aliphatic heterocycles. The van der Waals surface area contributed by atoms with Crippen LogP contribution < -0.4 is 10.2 Å². The van der Waals surface area contributed by atoms with Gasteiger partial charge in [0.05, 0.1) is 6.61 Å². The molecular weight excluding hydrogens is 240 g/mol. The van der Waals surface area contributed by atoms with Gasteiger partial charge in [-0.1, -0.05) is 0 Å². The summed E-state index contributed by atoms with van der Waals surface area (Å²) < 4.78 is 5.41. The van der Waals surface area contributed by atoms with Gasteiger partial charge in [0, 0.05) is 44.7 Å². The third-order valence-electron chi connectivity index (χ3n) is 4.05. The van der Waals surface area contributed by atoms with Gasteiger partial charge in [0.15, 0.2) is 0 Å². The molecule has 1 aromatic heterocycles. The normalized spacial score (nSPS) is 24.8. The van der Waals surface area contributed by atoms with Gasteiger partial charge in [0.1, 0.15) is 0 Å². The SMILES string of the molecule is c1cnc(N2CCC(NCC3CCOC3)CC2)nc1. The van der Waals surface area contributed by atoms with Crippen molar-refractivity contribution >= 4 is 5.95 Å². The Morgan fingerprint density at radius 1 is 1.21 bits per heavy atom. The lowest BCUT2D eigenvalue weighted by atomic mass is 10.0. The third-order valence-corrected chi connectivity index (χ3v) is 4.05. The zero-order chi connectivity index (χ0) is 12.9. The summed E-state index contributed by atoms with van der Waals surface area (Å²) in [6, 6.07) is 2.50. The molecule has 2 aliphatic rings. The molecule has 0 bridgehead atoms. The van der Waals surface area contributed by atoms with Crippen molar-refractivity contribution in [3.05, 3.63) is 18.5 Å². The summed E-state index contributed by atoms with van der Waals surface area (Å²) in [6.07, 6.45) is 7.18. The van der Waals surface area contributed by atoms with Gasteiger partial charge in [0.25, 0.3) is 0 Å². The summed E-state index contributed by atoms with van der Waals surface area (Å²) >= 11 is 0. The van der Waals surface area contributed by atoms with E-state index in [0.717, 1.165) is 44.7 Å². The highest BCUT2D eigenvalue weighted by Crippen LogP contribution is 2.16. The van der Waals surface area contributed by atoms with Gasteiger partial charge in [-0.15, -0.1) is 0 Å². The van der Waals surface area contributed by atoms with E-state index in [2.05, 4.69) is 20.2 Å². The highest BCUT2D eigenvalue weighted by Gasteiger charge is 2.22. The van der Waals surface area contributed by atoms with Crippen molar-refractivity contribution in [3.8, 4) is 0 Å². The van der Waals surface area contributed by atoms with E-state index in [4.69, 9.17) is 4.74 Å². The number of piperidine rings is 1. The van der Waals surface area contributed by atoms with Crippen molar-refractivity contribution in [2.75, 3.05) is 37.7 Å². The topological polar surface area (TPSA) is 50.3 Å². The number of hydrogen-bond donors (Lipinski definition) is 1. The van der Waals surface area contributed by atoms with E-state index in [1.165, 1.54) is 19.3 Å². The van der Waals surface area contributed by atoms with Gasteiger partial charge in [-0.25, -0.2) is 9.97 Å². The predicted octanol–water partition coefficient (Wildman–Crippen LogP) is 1.07. The monoisotopic (exact) mass is 262 g/mol.